The standard InChI is InChI=1S/C12H17F2NO2S/c1-2-15-10(5-6-16)8-18(17)12-7-9(13)3-4-11(12)14/h3-4,7,10,15-16H,2,5-6,8H2,1H3. The first-order valence-corrected chi connectivity index (χ1v) is 7.08. The Morgan fingerprint density at radius 1 is 1.44 bits per heavy atom. The molecule has 0 amide bonds. The van der Waals surface area contributed by atoms with Gasteiger partial charge in [0.1, 0.15) is 11.6 Å². The number of halogens is 2. The van der Waals surface area contributed by atoms with Crippen molar-refractivity contribution in [2.24, 2.45) is 0 Å². The molecule has 0 saturated heterocycles. The minimum absolute atomic E-state index is 0.0412. The third-order valence-corrected chi connectivity index (χ3v) is 3.97. The van der Waals surface area contributed by atoms with Gasteiger partial charge in [-0.15, -0.1) is 0 Å². The van der Waals surface area contributed by atoms with Gasteiger partial charge in [-0.2, -0.15) is 0 Å². The Morgan fingerprint density at radius 3 is 2.78 bits per heavy atom. The van der Waals surface area contributed by atoms with Crippen molar-refractivity contribution in [2.45, 2.75) is 24.3 Å². The number of aliphatic hydroxyl groups excluding tert-OH is 1. The van der Waals surface area contributed by atoms with Crippen molar-refractivity contribution in [1.82, 2.24) is 5.32 Å². The van der Waals surface area contributed by atoms with Crippen LogP contribution >= 0.6 is 0 Å². The van der Waals surface area contributed by atoms with Gasteiger partial charge in [-0.3, -0.25) is 4.21 Å². The maximum atomic E-state index is 13.4. The van der Waals surface area contributed by atoms with Crippen LogP contribution in [0.1, 0.15) is 13.3 Å². The average Bonchev–Trinajstić information content (AvgIpc) is 2.33. The summed E-state index contributed by atoms with van der Waals surface area (Å²) in [6.45, 7) is 2.50. The topological polar surface area (TPSA) is 49.3 Å². The van der Waals surface area contributed by atoms with Gasteiger partial charge in [0.25, 0.3) is 0 Å². The fourth-order valence-corrected chi connectivity index (χ4v) is 2.97. The molecule has 0 aliphatic heterocycles. The van der Waals surface area contributed by atoms with Gasteiger partial charge in [0, 0.05) is 18.4 Å². The van der Waals surface area contributed by atoms with Crippen molar-refractivity contribution in [3.8, 4) is 0 Å². The maximum Gasteiger partial charge on any atom is 0.139 e. The van der Waals surface area contributed by atoms with Crippen LogP contribution in [0.5, 0.6) is 0 Å². The van der Waals surface area contributed by atoms with Crippen LogP contribution in [0.25, 0.3) is 0 Å². The molecule has 0 aliphatic carbocycles. The molecule has 0 fully saturated rings. The first-order chi connectivity index (χ1) is 8.58. The van der Waals surface area contributed by atoms with Crippen molar-refractivity contribution in [2.75, 3.05) is 18.9 Å². The fourth-order valence-electron chi connectivity index (χ4n) is 1.61. The zero-order valence-corrected chi connectivity index (χ0v) is 11.0. The molecule has 1 aromatic rings. The lowest BCUT2D eigenvalue weighted by atomic mass is 10.2. The molecule has 0 aliphatic rings. The number of benzene rings is 1. The molecule has 0 heterocycles. The molecule has 0 spiro atoms. The summed E-state index contributed by atoms with van der Waals surface area (Å²) in [6, 6.07) is 2.74. The van der Waals surface area contributed by atoms with E-state index < -0.39 is 22.4 Å². The number of rotatable bonds is 7. The second kappa shape index (κ2) is 7.56. The summed E-state index contributed by atoms with van der Waals surface area (Å²) in [6.07, 6.45) is 0.427. The van der Waals surface area contributed by atoms with Crippen molar-refractivity contribution in [1.29, 1.82) is 0 Å². The number of nitrogens with one attached hydrogen (secondary N) is 1. The van der Waals surface area contributed by atoms with E-state index in [4.69, 9.17) is 5.11 Å². The summed E-state index contributed by atoms with van der Waals surface area (Å²) >= 11 is 0. The molecule has 102 valence electrons. The van der Waals surface area contributed by atoms with E-state index in [-0.39, 0.29) is 23.3 Å². The van der Waals surface area contributed by atoms with Gasteiger partial charge in [0.15, 0.2) is 0 Å². The molecule has 3 nitrogen and oxygen atoms in total. The molecule has 2 N–H and O–H groups in total. The van der Waals surface area contributed by atoms with Crippen LogP contribution in [0.2, 0.25) is 0 Å². The second-order valence-electron chi connectivity index (χ2n) is 3.85. The summed E-state index contributed by atoms with van der Waals surface area (Å²) in [4.78, 5) is -0.129. The summed E-state index contributed by atoms with van der Waals surface area (Å²) in [5, 5.41) is 11.9. The highest BCUT2D eigenvalue weighted by Gasteiger charge is 2.16. The Morgan fingerprint density at radius 2 is 2.17 bits per heavy atom. The van der Waals surface area contributed by atoms with Crippen LogP contribution in [0, 0.1) is 11.6 Å². The third kappa shape index (κ3) is 4.44. The van der Waals surface area contributed by atoms with Crippen molar-refractivity contribution < 1.29 is 18.1 Å². The smallest absolute Gasteiger partial charge is 0.139 e. The monoisotopic (exact) mass is 277 g/mol. The highest BCUT2D eigenvalue weighted by atomic mass is 32.2. The summed E-state index contributed by atoms with van der Waals surface area (Å²) in [7, 11) is -1.63. The molecule has 6 heteroatoms. The van der Waals surface area contributed by atoms with E-state index in [1.807, 2.05) is 6.92 Å². The molecule has 0 saturated carbocycles. The lowest BCUT2D eigenvalue weighted by Gasteiger charge is -2.16. The van der Waals surface area contributed by atoms with Crippen molar-refractivity contribution in [3.63, 3.8) is 0 Å². The van der Waals surface area contributed by atoms with E-state index in [1.165, 1.54) is 0 Å². The quantitative estimate of drug-likeness (QED) is 0.793. The molecule has 2 atom stereocenters. The Balaban J connectivity index is 2.76. The normalized spacial score (nSPS) is 14.4. The van der Waals surface area contributed by atoms with E-state index in [0.717, 1.165) is 18.2 Å². The molecule has 18 heavy (non-hydrogen) atoms. The number of hydrogen-bond acceptors (Lipinski definition) is 3. The first kappa shape index (κ1) is 15.2. The van der Waals surface area contributed by atoms with Crippen molar-refractivity contribution in [3.05, 3.63) is 29.8 Å². The first-order valence-electron chi connectivity index (χ1n) is 5.76. The highest BCUT2D eigenvalue weighted by Crippen LogP contribution is 2.15. The SMILES string of the molecule is CCNC(CCO)CS(=O)c1cc(F)ccc1F. The molecule has 0 radical (unpaired) electrons. The zero-order chi connectivity index (χ0) is 13.5. The molecule has 0 aromatic heterocycles. The summed E-state index contributed by atoms with van der Waals surface area (Å²) in [5.41, 5.74) is 0. The van der Waals surface area contributed by atoms with Crippen LogP contribution in [0.4, 0.5) is 8.78 Å². The minimum Gasteiger partial charge on any atom is -0.396 e. The van der Waals surface area contributed by atoms with Crippen LogP contribution in [-0.4, -0.2) is 34.3 Å². The van der Waals surface area contributed by atoms with E-state index in [1.54, 1.807) is 0 Å². The molecule has 1 rings (SSSR count). The Hall–Kier alpha value is -0.850. The van der Waals surface area contributed by atoms with E-state index >= 15 is 0 Å². The zero-order valence-electron chi connectivity index (χ0n) is 10.2. The molecular weight excluding hydrogens is 260 g/mol. The van der Waals surface area contributed by atoms with E-state index in [0.29, 0.717) is 13.0 Å². The second-order valence-corrected chi connectivity index (χ2v) is 5.32. The van der Waals surface area contributed by atoms with Gasteiger partial charge in [-0.05, 0) is 31.2 Å². The van der Waals surface area contributed by atoms with Gasteiger partial charge in [-0.25, -0.2) is 8.78 Å². The van der Waals surface area contributed by atoms with Crippen LogP contribution in [-0.2, 0) is 10.8 Å². The average molecular weight is 277 g/mol. The Bertz CT molecular complexity index is 409. The van der Waals surface area contributed by atoms with Crippen LogP contribution in [0.15, 0.2) is 23.1 Å². The van der Waals surface area contributed by atoms with Crippen LogP contribution in [0.3, 0.4) is 0 Å². The largest absolute Gasteiger partial charge is 0.396 e. The molecule has 0 bridgehead atoms. The van der Waals surface area contributed by atoms with Crippen molar-refractivity contribution >= 4 is 10.8 Å². The highest BCUT2D eigenvalue weighted by molar-refractivity contribution is 7.85. The maximum absolute atomic E-state index is 13.4. The predicted molar refractivity (Wildman–Crippen MR) is 66.8 cm³/mol. The predicted octanol–water partition coefficient (Wildman–Crippen LogP) is 1.43. The fraction of sp³-hybridized carbons (Fsp3) is 0.500. The molecule has 1 aromatic carbocycles. The van der Waals surface area contributed by atoms with Gasteiger partial charge in [0.2, 0.25) is 0 Å². The lowest BCUT2D eigenvalue weighted by molar-refractivity contribution is 0.270. The molecular formula is C12H17F2NO2S. The third-order valence-electron chi connectivity index (χ3n) is 2.46. The van der Waals surface area contributed by atoms with E-state index in [2.05, 4.69) is 5.32 Å². The molecule has 2 unspecified atom stereocenters. The number of hydrogen-bond donors (Lipinski definition) is 2. The Labute approximate surface area is 108 Å². The van der Waals surface area contributed by atoms with Gasteiger partial charge >= 0.3 is 0 Å². The van der Waals surface area contributed by atoms with E-state index in [9.17, 15) is 13.0 Å². The van der Waals surface area contributed by atoms with Crippen LogP contribution < -0.4 is 5.32 Å². The Kier molecular flexibility index (Phi) is 6.38. The lowest BCUT2D eigenvalue weighted by Crippen LogP contribution is -2.34. The minimum atomic E-state index is -1.63. The number of aliphatic hydroxyl groups is 1. The van der Waals surface area contributed by atoms with Gasteiger partial charge in [-0.1, -0.05) is 6.92 Å². The summed E-state index contributed by atoms with van der Waals surface area (Å²) in [5.74, 6) is -1.13. The van der Waals surface area contributed by atoms with Gasteiger partial charge < -0.3 is 10.4 Å². The summed E-state index contributed by atoms with van der Waals surface area (Å²) < 4.78 is 38.4. The van der Waals surface area contributed by atoms with Gasteiger partial charge in [0.05, 0.1) is 15.7 Å².